The maximum atomic E-state index is 10.7. The zero-order valence-corrected chi connectivity index (χ0v) is 8.20. The van der Waals surface area contributed by atoms with Gasteiger partial charge in [0.1, 0.15) is 6.54 Å². The summed E-state index contributed by atoms with van der Waals surface area (Å²) in [7, 11) is 1.52. The molecule has 0 N–H and O–H groups in total. The molecule has 4 heteroatoms. The molecule has 1 aromatic carbocycles. The topological polar surface area (TPSA) is 29.5 Å². The minimum Gasteiger partial charge on any atom is -0.285 e. The predicted octanol–water partition coefficient (Wildman–Crippen LogP) is 1.51. The van der Waals surface area contributed by atoms with E-state index in [1.807, 2.05) is 30.3 Å². The monoisotopic (exact) mass is 197 g/mol. The van der Waals surface area contributed by atoms with Crippen LogP contribution in [0.15, 0.2) is 30.3 Å². The highest BCUT2D eigenvalue weighted by atomic mass is 32.1. The number of rotatable bonds is 4. The van der Waals surface area contributed by atoms with Crippen LogP contribution in [0.1, 0.15) is 0 Å². The molecular weight excluding hydrogens is 186 g/mol. The van der Waals surface area contributed by atoms with Crippen molar-refractivity contribution in [1.82, 2.24) is 0 Å². The number of hydrogen-bond acceptors (Lipinski definition) is 3. The number of para-hydroxylation sites is 1. The van der Waals surface area contributed by atoms with Gasteiger partial charge in [0, 0.05) is 0 Å². The molecule has 1 rings (SSSR count). The van der Waals surface area contributed by atoms with Gasteiger partial charge in [-0.05, 0) is 12.1 Å². The first-order valence-corrected chi connectivity index (χ1v) is 4.27. The van der Waals surface area contributed by atoms with Gasteiger partial charge in [0.25, 0.3) is 0 Å². The third kappa shape index (κ3) is 3.08. The molecule has 0 fully saturated rings. The highest BCUT2D eigenvalue weighted by molar-refractivity contribution is 7.96. The first-order valence-electron chi connectivity index (χ1n) is 3.82. The van der Waals surface area contributed by atoms with Gasteiger partial charge in [0.15, 0.2) is 0 Å². The molecule has 0 saturated carbocycles. The zero-order chi connectivity index (χ0) is 9.68. The van der Waals surface area contributed by atoms with E-state index in [9.17, 15) is 4.79 Å². The standard InChI is InChI=1S/C9H11NO2S/c1-12-10(7-9(11)13)8-5-3-2-4-6-8/h2-6H,7H2,1H3,(H,11,13). The quantitative estimate of drug-likeness (QED) is 0.586. The predicted molar refractivity (Wildman–Crippen MR) is 54.8 cm³/mol. The highest BCUT2D eigenvalue weighted by Gasteiger charge is 2.06. The van der Waals surface area contributed by atoms with Crippen molar-refractivity contribution in [2.45, 2.75) is 0 Å². The van der Waals surface area contributed by atoms with E-state index >= 15 is 0 Å². The fourth-order valence-corrected chi connectivity index (χ4v) is 1.11. The third-order valence-electron chi connectivity index (χ3n) is 1.54. The number of nitrogens with zero attached hydrogens (tertiary/aromatic N) is 1. The average Bonchev–Trinajstić information content (AvgIpc) is 2.15. The van der Waals surface area contributed by atoms with Crippen LogP contribution in [0.25, 0.3) is 0 Å². The Balaban J connectivity index is 2.73. The van der Waals surface area contributed by atoms with E-state index < -0.39 is 0 Å². The first-order chi connectivity index (χ1) is 6.24. The maximum absolute atomic E-state index is 10.7. The van der Waals surface area contributed by atoms with Crippen LogP contribution < -0.4 is 5.06 Å². The molecule has 1 aromatic rings. The third-order valence-corrected chi connectivity index (χ3v) is 1.68. The van der Waals surface area contributed by atoms with E-state index in [4.69, 9.17) is 4.84 Å². The fraction of sp³-hybridized carbons (Fsp3) is 0.222. The van der Waals surface area contributed by atoms with Crippen LogP contribution >= 0.6 is 12.6 Å². The van der Waals surface area contributed by atoms with Crippen LogP contribution in [0, 0.1) is 0 Å². The Bertz CT molecular complexity index is 276. The SMILES string of the molecule is CON(CC(=O)S)c1ccccc1. The summed E-state index contributed by atoms with van der Waals surface area (Å²) in [5.74, 6) is 0. The van der Waals surface area contributed by atoms with Crippen LogP contribution in [0.4, 0.5) is 5.69 Å². The fourth-order valence-electron chi connectivity index (χ4n) is 0.978. The molecule has 0 heterocycles. The summed E-state index contributed by atoms with van der Waals surface area (Å²) in [6.07, 6.45) is 0. The number of anilines is 1. The summed E-state index contributed by atoms with van der Waals surface area (Å²) in [5, 5.41) is 1.25. The largest absolute Gasteiger partial charge is 0.285 e. The second kappa shape index (κ2) is 4.89. The second-order valence-corrected chi connectivity index (χ2v) is 2.95. The minimum atomic E-state index is -0.231. The van der Waals surface area contributed by atoms with E-state index in [2.05, 4.69) is 12.6 Å². The molecule has 0 aliphatic rings. The van der Waals surface area contributed by atoms with E-state index in [-0.39, 0.29) is 11.7 Å². The van der Waals surface area contributed by atoms with E-state index in [1.165, 1.54) is 12.2 Å². The van der Waals surface area contributed by atoms with E-state index in [0.29, 0.717) is 0 Å². The van der Waals surface area contributed by atoms with Gasteiger partial charge in [-0.15, -0.1) is 12.6 Å². The van der Waals surface area contributed by atoms with E-state index in [0.717, 1.165) is 5.69 Å². The number of hydrogen-bond donors (Lipinski definition) is 1. The van der Waals surface area contributed by atoms with Gasteiger partial charge in [-0.1, -0.05) is 18.2 Å². The van der Waals surface area contributed by atoms with Crippen molar-refractivity contribution in [3.8, 4) is 0 Å². The number of carbonyl (C=O) groups is 1. The summed E-state index contributed by atoms with van der Waals surface area (Å²) < 4.78 is 0. The Labute approximate surface area is 82.7 Å². The Morgan fingerprint density at radius 1 is 1.46 bits per heavy atom. The normalized spacial score (nSPS) is 9.69. The number of carbonyl (C=O) groups excluding carboxylic acids is 1. The molecule has 0 spiro atoms. The van der Waals surface area contributed by atoms with Crippen molar-refractivity contribution < 1.29 is 9.63 Å². The number of thiol groups is 1. The highest BCUT2D eigenvalue weighted by Crippen LogP contribution is 2.12. The Morgan fingerprint density at radius 2 is 2.08 bits per heavy atom. The molecule has 0 atom stereocenters. The van der Waals surface area contributed by atoms with Gasteiger partial charge in [0.05, 0.1) is 12.8 Å². The molecular formula is C9H11NO2S. The summed E-state index contributed by atoms with van der Waals surface area (Å²) in [4.78, 5) is 15.7. The van der Waals surface area contributed by atoms with Gasteiger partial charge in [0.2, 0.25) is 5.12 Å². The van der Waals surface area contributed by atoms with Gasteiger partial charge in [-0.3, -0.25) is 9.63 Å². The second-order valence-electron chi connectivity index (χ2n) is 2.45. The Morgan fingerprint density at radius 3 is 2.54 bits per heavy atom. The molecule has 0 aliphatic carbocycles. The Kier molecular flexibility index (Phi) is 3.79. The van der Waals surface area contributed by atoms with Crippen molar-refractivity contribution in [2.24, 2.45) is 0 Å². The molecule has 0 amide bonds. The van der Waals surface area contributed by atoms with Crippen LogP contribution in [0.3, 0.4) is 0 Å². The van der Waals surface area contributed by atoms with Gasteiger partial charge in [-0.25, -0.2) is 5.06 Å². The molecule has 0 aliphatic heterocycles. The Hall–Kier alpha value is -1.00. The number of hydroxylamine groups is 1. The van der Waals surface area contributed by atoms with E-state index in [1.54, 1.807) is 0 Å². The lowest BCUT2D eigenvalue weighted by Crippen LogP contribution is -2.26. The molecule has 0 radical (unpaired) electrons. The zero-order valence-electron chi connectivity index (χ0n) is 7.30. The maximum Gasteiger partial charge on any atom is 0.207 e. The lowest BCUT2D eigenvalue weighted by Gasteiger charge is -2.19. The molecule has 0 aromatic heterocycles. The van der Waals surface area contributed by atoms with Crippen LogP contribution in [0.2, 0.25) is 0 Å². The van der Waals surface area contributed by atoms with Gasteiger partial charge in [-0.2, -0.15) is 0 Å². The molecule has 13 heavy (non-hydrogen) atoms. The van der Waals surface area contributed by atoms with Crippen LogP contribution in [-0.4, -0.2) is 18.8 Å². The molecule has 70 valence electrons. The van der Waals surface area contributed by atoms with Crippen molar-refractivity contribution >= 4 is 23.4 Å². The summed E-state index contributed by atoms with van der Waals surface area (Å²) in [6, 6.07) is 9.38. The van der Waals surface area contributed by atoms with Crippen molar-refractivity contribution in [3.63, 3.8) is 0 Å². The van der Waals surface area contributed by atoms with Crippen molar-refractivity contribution in [1.29, 1.82) is 0 Å². The molecule has 0 unspecified atom stereocenters. The molecule has 0 saturated heterocycles. The lowest BCUT2D eigenvalue weighted by molar-refractivity contribution is -0.110. The smallest absolute Gasteiger partial charge is 0.207 e. The average molecular weight is 197 g/mol. The van der Waals surface area contributed by atoms with Gasteiger partial charge < -0.3 is 0 Å². The number of benzene rings is 1. The van der Waals surface area contributed by atoms with Crippen molar-refractivity contribution in [2.75, 3.05) is 18.7 Å². The first kappa shape index (κ1) is 10.1. The van der Waals surface area contributed by atoms with Crippen LogP contribution in [-0.2, 0) is 9.63 Å². The van der Waals surface area contributed by atoms with Gasteiger partial charge >= 0.3 is 0 Å². The molecule has 3 nitrogen and oxygen atoms in total. The summed E-state index contributed by atoms with van der Waals surface area (Å²) >= 11 is 3.68. The summed E-state index contributed by atoms with van der Waals surface area (Å²) in [6.45, 7) is 0.142. The minimum absolute atomic E-state index is 0.142. The van der Waals surface area contributed by atoms with Crippen LogP contribution in [0.5, 0.6) is 0 Å². The van der Waals surface area contributed by atoms with Crippen molar-refractivity contribution in [3.05, 3.63) is 30.3 Å². The summed E-state index contributed by atoms with van der Waals surface area (Å²) in [5.41, 5.74) is 0.840. The molecule has 0 bridgehead atoms. The lowest BCUT2D eigenvalue weighted by atomic mass is 10.3.